The van der Waals surface area contributed by atoms with Gasteiger partial charge in [-0.3, -0.25) is 19.5 Å². The van der Waals surface area contributed by atoms with Crippen LogP contribution < -0.4 is 5.32 Å². The maximum Gasteiger partial charge on any atom is 0.246 e. The number of carbonyl (C=O) groups excluding carboxylic acids is 2. The van der Waals surface area contributed by atoms with E-state index in [1.165, 1.54) is 17.4 Å². The van der Waals surface area contributed by atoms with Gasteiger partial charge in [0.15, 0.2) is 0 Å². The minimum Gasteiger partial charge on any atom is -0.376 e. The summed E-state index contributed by atoms with van der Waals surface area (Å²) >= 11 is 6.04. The van der Waals surface area contributed by atoms with Crippen LogP contribution in [0.2, 0.25) is 5.02 Å². The largest absolute Gasteiger partial charge is 0.376 e. The van der Waals surface area contributed by atoms with Crippen molar-refractivity contribution in [3.8, 4) is 16.9 Å². The number of ether oxygens (including phenoxy) is 1. The molecule has 0 bridgehead atoms. The van der Waals surface area contributed by atoms with Gasteiger partial charge < -0.3 is 9.64 Å². The van der Waals surface area contributed by atoms with Crippen LogP contribution in [0.4, 0.5) is 5.95 Å². The van der Waals surface area contributed by atoms with Gasteiger partial charge in [-0.1, -0.05) is 29.8 Å². The Morgan fingerprint density at radius 2 is 1.94 bits per heavy atom. The molecule has 178 valence electrons. The number of anilines is 1. The van der Waals surface area contributed by atoms with Gasteiger partial charge in [0.25, 0.3) is 0 Å². The predicted molar refractivity (Wildman–Crippen MR) is 133 cm³/mol. The van der Waals surface area contributed by atoms with Crippen LogP contribution in [0.25, 0.3) is 16.9 Å². The second-order valence-corrected chi connectivity index (χ2v) is 9.11. The Morgan fingerprint density at radius 1 is 1.18 bits per heavy atom. The molecule has 0 aliphatic carbocycles. The summed E-state index contributed by atoms with van der Waals surface area (Å²) in [4.78, 5) is 31.3. The van der Waals surface area contributed by atoms with Gasteiger partial charge in [-0.15, -0.1) is 0 Å². The highest BCUT2D eigenvalue weighted by molar-refractivity contribution is 6.30. The van der Waals surface area contributed by atoms with E-state index in [2.05, 4.69) is 18.3 Å². The standard InChI is InChI=1S/C26H29ClN4O3/c1-17-6-11-22(13-18(17)2)31-15-24(20-7-9-21(27)10-8-20)28-26(31)29-25(33)16-30(19(3)32)14-23-5-4-12-34-23/h6-11,13,15,23H,4-5,12,14,16H2,1-3H3,(H,28,29,33). The summed E-state index contributed by atoms with van der Waals surface area (Å²) in [5.74, 6) is -0.0876. The highest BCUT2D eigenvalue weighted by Gasteiger charge is 2.23. The highest BCUT2D eigenvalue weighted by atomic mass is 35.5. The number of rotatable bonds is 7. The van der Waals surface area contributed by atoms with E-state index in [4.69, 9.17) is 21.3 Å². The van der Waals surface area contributed by atoms with Crippen molar-refractivity contribution in [1.29, 1.82) is 0 Å². The molecule has 1 aromatic heterocycles. The van der Waals surface area contributed by atoms with E-state index in [0.29, 0.717) is 29.8 Å². The van der Waals surface area contributed by atoms with Crippen molar-refractivity contribution in [2.24, 2.45) is 0 Å². The normalized spacial score (nSPS) is 15.4. The maximum absolute atomic E-state index is 13.0. The summed E-state index contributed by atoms with van der Waals surface area (Å²) in [5.41, 5.74) is 4.78. The number of aryl methyl sites for hydroxylation is 2. The zero-order valence-corrected chi connectivity index (χ0v) is 20.4. The van der Waals surface area contributed by atoms with Gasteiger partial charge >= 0.3 is 0 Å². The second-order valence-electron chi connectivity index (χ2n) is 8.68. The molecule has 1 aliphatic rings. The van der Waals surface area contributed by atoms with Crippen molar-refractivity contribution in [3.63, 3.8) is 0 Å². The van der Waals surface area contributed by atoms with Crippen LogP contribution in [0, 0.1) is 13.8 Å². The average Bonchev–Trinajstić information content (AvgIpc) is 3.46. The number of nitrogens with zero attached hydrogens (tertiary/aromatic N) is 3. The summed E-state index contributed by atoms with van der Waals surface area (Å²) in [6.07, 6.45) is 3.74. The number of nitrogens with one attached hydrogen (secondary N) is 1. The summed E-state index contributed by atoms with van der Waals surface area (Å²) in [6.45, 7) is 6.61. The SMILES string of the molecule is CC(=O)N(CC(=O)Nc1nc(-c2ccc(Cl)cc2)cn1-c1ccc(C)c(C)c1)CC1CCCO1. The molecular formula is C26H29ClN4O3. The van der Waals surface area contributed by atoms with E-state index < -0.39 is 0 Å². The zero-order valence-electron chi connectivity index (χ0n) is 19.7. The van der Waals surface area contributed by atoms with E-state index in [-0.39, 0.29) is 24.5 Å². The fraction of sp³-hybridized carbons (Fsp3) is 0.346. The first-order valence-corrected chi connectivity index (χ1v) is 11.8. The molecule has 2 aromatic carbocycles. The van der Waals surface area contributed by atoms with E-state index in [1.54, 1.807) is 12.1 Å². The fourth-order valence-corrected chi connectivity index (χ4v) is 4.10. The van der Waals surface area contributed by atoms with Gasteiger partial charge in [-0.2, -0.15) is 0 Å². The first-order chi connectivity index (χ1) is 16.3. The van der Waals surface area contributed by atoms with Crippen LogP contribution in [-0.4, -0.2) is 52.1 Å². The topological polar surface area (TPSA) is 76.5 Å². The summed E-state index contributed by atoms with van der Waals surface area (Å²) < 4.78 is 7.49. The van der Waals surface area contributed by atoms with E-state index in [1.807, 2.05) is 42.0 Å². The summed E-state index contributed by atoms with van der Waals surface area (Å²) in [6, 6.07) is 13.5. The minimum atomic E-state index is -0.313. The van der Waals surface area contributed by atoms with Gasteiger partial charge in [0, 0.05) is 42.5 Å². The van der Waals surface area contributed by atoms with Gasteiger partial charge in [0.1, 0.15) is 6.54 Å². The molecule has 1 atom stereocenters. The lowest BCUT2D eigenvalue weighted by molar-refractivity contribution is -0.134. The molecule has 1 unspecified atom stereocenters. The molecule has 0 saturated carbocycles. The molecule has 8 heteroatoms. The van der Waals surface area contributed by atoms with Crippen molar-refractivity contribution in [1.82, 2.24) is 14.5 Å². The number of halogens is 1. The van der Waals surface area contributed by atoms with Gasteiger partial charge in [-0.25, -0.2) is 4.98 Å². The Morgan fingerprint density at radius 3 is 2.59 bits per heavy atom. The summed E-state index contributed by atoms with van der Waals surface area (Å²) in [5, 5.41) is 3.55. The molecule has 3 aromatic rings. The third-order valence-electron chi connectivity index (χ3n) is 6.09. The van der Waals surface area contributed by atoms with Crippen molar-refractivity contribution < 1.29 is 14.3 Å². The van der Waals surface area contributed by atoms with Crippen molar-refractivity contribution in [2.45, 2.75) is 39.7 Å². The molecule has 0 spiro atoms. The van der Waals surface area contributed by atoms with Gasteiger partial charge in [0.2, 0.25) is 17.8 Å². The third-order valence-corrected chi connectivity index (χ3v) is 6.35. The first kappa shape index (κ1) is 24.0. The Kier molecular flexibility index (Phi) is 7.34. The zero-order chi connectivity index (χ0) is 24.2. The number of hydrogen-bond donors (Lipinski definition) is 1. The number of amides is 2. The number of carbonyl (C=O) groups is 2. The molecular weight excluding hydrogens is 452 g/mol. The molecule has 2 amide bonds. The van der Waals surface area contributed by atoms with Crippen LogP contribution in [0.3, 0.4) is 0 Å². The van der Waals surface area contributed by atoms with Crippen molar-refractivity contribution in [3.05, 3.63) is 64.8 Å². The number of aromatic nitrogens is 2. The van der Waals surface area contributed by atoms with Crippen LogP contribution >= 0.6 is 11.6 Å². The fourth-order valence-electron chi connectivity index (χ4n) is 3.98. The first-order valence-electron chi connectivity index (χ1n) is 11.4. The van der Waals surface area contributed by atoms with E-state index >= 15 is 0 Å². The Bertz CT molecular complexity index is 1180. The quantitative estimate of drug-likeness (QED) is 0.528. The molecule has 2 heterocycles. The number of hydrogen-bond acceptors (Lipinski definition) is 4. The number of benzene rings is 2. The predicted octanol–water partition coefficient (Wildman–Crippen LogP) is 4.78. The third kappa shape index (κ3) is 5.66. The Hall–Kier alpha value is -3.16. The highest BCUT2D eigenvalue weighted by Crippen LogP contribution is 2.26. The monoisotopic (exact) mass is 480 g/mol. The van der Waals surface area contributed by atoms with E-state index in [9.17, 15) is 9.59 Å². The van der Waals surface area contributed by atoms with Crippen LogP contribution in [-0.2, 0) is 14.3 Å². The maximum atomic E-state index is 13.0. The molecule has 0 radical (unpaired) electrons. The molecule has 1 fully saturated rings. The minimum absolute atomic E-state index is 0.0225. The molecule has 1 N–H and O–H groups in total. The van der Waals surface area contributed by atoms with Crippen LogP contribution in [0.15, 0.2) is 48.7 Å². The lowest BCUT2D eigenvalue weighted by Gasteiger charge is -2.23. The van der Waals surface area contributed by atoms with E-state index in [0.717, 1.165) is 29.7 Å². The van der Waals surface area contributed by atoms with Crippen molar-refractivity contribution >= 4 is 29.4 Å². The van der Waals surface area contributed by atoms with Crippen LogP contribution in [0.5, 0.6) is 0 Å². The number of imidazole rings is 1. The molecule has 1 aliphatic heterocycles. The lowest BCUT2D eigenvalue weighted by atomic mass is 10.1. The second kappa shape index (κ2) is 10.4. The average molecular weight is 481 g/mol. The lowest BCUT2D eigenvalue weighted by Crippen LogP contribution is -2.41. The van der Waals surface area contributed by atoms with Crippen molar-refractivity contribution in [2.75, 3.05) is 25.0 Å². The molecule has 7 nitrogen and oxygen atoms in total. The summed E-state index contributed by atoms with van der Waals surface area (Å²) in [7, 11) is 0. The smallest absolute Gasteiger partial charge is 0.246 e. The Balaban J connectivity index is 1.60. The van der Waals surface area contributed by atoms with Gasteiger partial charge in [-0.05, 0) is 62.1 Å². The molecule has 1 saturated heterocycles. The molecule has 4 rings (SSSR count). The molecule has 34 heavy (non-hydrogen) atoms. The Labute approximate surface area is 204 Å². The van der Waals surface area contributed by atoms with Crippen LogP contribution in [0.1, 0.15) is 30.9 Å². The van der Waals surface area contributed by atoms with Gasteiger partial charge in [0.05, 0.1) is 11.8 Å².